The van der Waals surface area contributed by atoms with Crippen molar-refractivity contribution in [1.29, 1.82) is 0 Å². The van der Waals surface area contributed by atoms with E-state index >= 15 is 0 Å². The molecule has 2 amide bonds. The van der Waals surface area contributed by atoms with Gasteiger partial charge in [-0.05, 0) is 69.8 Å². The van der Waals surface area contributed by atoms with E-state index in [0.29, 0.717) is 61.9 Å². The molecule has 4 rings (SSSR count). The van der Waals surface area contributed by atoms with Crippen molar-refractivity contribution in [2.24, 2.45) is 0 Å². The molecule has 0 radical (unpaired) electrons. The van der Waals surface area contributed by atoms with Gasteiger partial charge in [-0.15, -0.1) is 0 Å². The minimum absolute atomic E-state index is 0.0621. The van der Waals surface area contributed by atoms with E-state index in [-0.39, 0.29) is 23.5 Å². The highest BCUT2D eigenvalue weighted by Crippen LogP contribution is 2.40. The second-order valence-corrected chi connectivity index (χ2v) is 11.6. The number of piperidine rings is 1. The number of carbonyl (C=O) groups is 3. The lowest BCUT2D eigenvalue weighted by atomic mass is 9.72. The highest BCUT2D eigenvalue weighted by Gasteiger charge is 2.44. The molecule has 2 heterocycles. The number of non-ortho nitro benzene ring substituents is 1. The Bertz CT molecular complexity index is 1480. The number of nitrogens with one attached hydrogen (secondary N) is 3. The highest BCUT2D eigenvalue weighted by molar-refractivity contribution is 6.03. The predicted octanol–water partition coefficient (Wildman–Crippen LogP) is 4.46. The minimum Gasteiger partial charge on any atom is -0.468 e. The van der Waals surface area contributed by atoms with E-state index in [0.717, 1.165) is 36.6 Å². The monoisotopic (exact) mass is 631 g/mol. The lowest BCUT2D eigenvalue weighted by Crippen LogP contribution is -2.48. The Morgan fingerprint density at radius 1 is 0.935 bits per heavy atom. The summed E-state index contributed by atoms with van der Waals surface area (Å²) in [6, 6.07) is 15.9. The standard InChI is InChI=1S/C35H45N5O6/c1-5-27-30(32(41)36-7-3)29(24-14-16-26(17-15-24)40(44)45)31(28(6-2)38-27)33(42)37-20-11-21-39-22-18-35(19-23-39,34(43)46-4)25-12-9-8-10-13-25/h8-10,12-17,29,38H,5-7,11,18-23H2,1-4H3,(H,36,41)(H,37,42). The van der Waals surface area contributed by atoms with Crippen molar-refractivity contribution in [3.8, 4) is 0 Å². The SMILES string of the molecule is CCNC(=O)C1=C(CC)NC(CC)=C(C(=O)NCCCN2CCC(C(=O)OC)(c3ccccc3)CC2)C1c1ccc([N+](=O)[O-])cc1. The number of rotatable bonds is 13. The second-order valence-electron chi connectivity index (χ2n) is 11.6. The lowest BCUT2D eigenvalue weighted by molar-refractivity contribution is -0.384. The number of likely N-dealkylation sites (tertiary alicyclic amines) is 1. The molecular weight excluding hydrogens is 586 g/mol. The van der Waals surface area contributed by atoms with Gasteiger partial charge in [0.2, 0.25) is 11.8 Å². The van der Waals surface area contributed by atoms with Crippen molar-refractivity contribution in [2.45, 2.75) is 64.2 Å². The number of nitrogens with zero attached hydrogens (tertiary/aromatic N) is 2. The average molecular weight is 632 g/mol. The summed E-state index contributed by atoms with van der Waals surface area (Å²) in [5.41, 5.74) is 3.24. The van der Waals surface area contributed by atoms with Crippen LogP contribution in [0.1, 0.15) is 69.9 Å². The molecule has 1 fully saturated rings. The molecular formula is C35H45N5O6. The number of esters is 1. The molecule has 2 aliphatic heterocycles. The van der Waals surface area contributed by atoms with Crippen molar-refractivity contribution in [2.75, 3.05) is 39.8 Å². The predicted molar refractivity (Wildman–Crippen MR) is 176 cm³/mol. The van der Waals surface area contributed by atoms with Crippen LogP contribution in [0, 0.1) is 10.1 Å². The molecule has 11 heteroatoms. The third-order valence-electron chi connectivity index (χ3n) is 9.05. The van der Waals surface area contributed by atoms with Gasteiger partial charge in [0.1, 0.15) is 0 Å². The first-order valence-electron chi connectivity index (χ1n) is 16.1. The van der Waals surface area contributed by atoms with E-state index in [1.165, 1.54) is 19.2 Å². The number of amides is 2. The van der Waals surface area contributed by atoms with Gasteiger partial charge in [-0.25, -0.2) is 0 Å². The van der Waals surface area contributed by atoms with Crippen molar-refractivity contribution < 1.29 is 24.0 Å². The Morgan fingerprint density at radius 3 is 2.04 bits per heavy atom. The van der Waals surface area contributed by atoms with Crippen molar-refractivity contribution in [1.82, 2.24) is 20.9 Å². The molecule has 3 N–H and O–H groups in total. The number of carbonyl (C=O) groups excluding carboxylic acids is 3. The minimum atomic E-state index is -0.690. The van der Waals surface area contributed by atoms with Crippen LogP contribution in [0.5, 0.6) is 0 Å². The lowest BCUT2D eigenvalue weighted by Gasteiger charge is -2.40. The van der Waals surface area contributed by atoms with E-state index in [9.17, 15) is 24.5 Å². The van der Waals surface area contributed by atoms with E-state index in [1.807, 2.05) is 51.1 Å². The number of allylic oxidation sites excluding steroid dienone is 2. The first-order valence-corrected chi connectivity index (χ1v) is 16.1. The topological polar surface area (TPSA) is 143 Å². The molecule has 1 atom stereocenters. The largest absolute Gasteiger partial charge is 0.468 e. The Kier molecular flexibility index (Phi) is 11.7. The van der Waals surface area contributed by atoms with E-state index in [1.54, 1.807) is 12.1 Å². The van der Waals surface area contributed by atoms with Crippen LogP contribution in [-0.2, 0) is 24.5 Å². The summed E-state index contributed by atoms with van der Waals surface area (Å²) in [4.78, 5) is 53.4. The summed E-state index contributed by atoms with van der Waals surface area (Å²) in [6.45, 7) is 8.79. The average Bonchev–Trinajstić information content (AvgIpc) is 3.09. The number of nitro groups is 1. The number of nitro benzene ring substituents is 1. The third-order valence-corrected chi connectivity index (χ3v) is 9.05. The number of hydrogen-bond donors (Lipinski definition) is 3. The van der Waals surface area contributed by atoms with Crippen molar-refractivity contribution >= 4 is 23.5 Å². The zero-order chi connectivity index (χ0) is 33.3. The first-order chi connectivity index (χ1) is 22.2. The summed E-state index contributed by atoms with van der Waals surface area (Å²) in [7, 11) is 1.44. The zero-order valence-corrected chi connectivity index (χ0v) is 27.2. The summed E-state index contributed by atoms with van der Waals surface area (Å²) in [5.74, 6) is -1.46. The molecule has 1 unspecified atom stereocenters. The van der Waals surface area contributed by atoms with Crippen LogP contribution >= 0.6 is 0 Å². The van der Waals surface area contributed by atoms with Crippen LogP contribution in [0.4, 0.5) is 5.69 Å². The number of methoxy groups -OCH3 is 1. The number of likely N-dealkylation sites (N-methyl/N-ethyl adjacent to an activating group) is 1. The molecule has 46 heavy (non-hydrogen) atoms. The molecule has 0 saturated carbocycles. The maximum absolute atomic E-state index is 13.9. The molecule has 0 aromatic heterocycles. The molecule has 2 aromatic rings. The normalized spacial score (nSPS) is 18.0. The highest BCUT2D eigenvalue weighted by atomic mass is 16.6. The van der Waals surface area contributed by atoms with Crippen LogP contribution in [0.3, 0.4) is 0 Å². The van der Waals surface area contributed by atoms with Crippen LogP contribution in [-0.4, -0.2) is 67.4 Å². The van der Waals surface area contributed by atoms with Gasteiger partial charge >= 0.3 is 5.97 Å². The smallest absolute Gasteiger partial charge is 0.316 e. The second kappa shape index (κ2) is 15.7. The van der Waals surface area contributed by atoms with Crippen molar-refractivity contribution in [3.63, 3.8) is 0 Å². The van der Waals surface area contributed by atoms with Crippen LogP contribution in [0.15, 0.2) is 77.1 Å². The Labute approximate surface area is 270 Å². The van der Waals surface area contributed by atoms with E-state index in [2.05, 4.69) is 20.9 Å². The van der Waals surface area contributed by atoms with Gasteiger partial charge in [-0.2, -0.15) is 0 Å². The Hall–Kier alpha value is -4.51. The van der Waals surface area contributed by atoms with Crippen LogP contribution < -0.4 is 16.0 Å². The fraction of sp³-hybridized carbons (Fsp3) is 0.457. The molecule has 11 nitrogen and oxygen atoms in total. The maximum Gasteiger partial charge on any atom is 0.316 e. The van der Waals surface area contributed by atoms with E-state index < -0.39 is 16.3 Å². The summed E-state index contributed by atoms with van der Waals surface area (Å²) < 4.78 is 5.22. The molecule has 0 aliphatic carbocycles. The number of hydrogen-bond acceptors (Lipinski definition) is 8. The molecule has 0 bridgehead atoms. The third kappa shape index (κ3) is 7.31. The zero-order valence-electron chi connectivity index (χ0n) is 27.2. The molecule has 0 spiro atoms. The molecule has 246 valence electrons. The van der Waals surface area contributed by atoms with Crippen LogP contribution in [0.25, 0.3) is 0 Å². The molecule has 2 aromatic carbocycles. The summed E-state index contributed by atoms with van der Waals surface area (Å²) >= 11 is 0. The van der Waals surface area contributed by atoms with Crippen molar-refractivity contribution in [3.05, 3.63) is 98.4 Å². The maximum atomic E-state index is 13.9. The number of dihydropyridines is 1. The summed E-state index contributed by atoms with van der Waals surface area (Å²) in [5, 5.41) is 20.7. The Balaban J connectivity index is 1.48. The van der Waals surface area contributed by atoms with Gasteiger partial charge in [-0.1, -0.05) is 56.3 Å². The van der Waals surface area contributed by atoms with Gasteiger partial charge in [0.25, 0.3) is 5.69 Å². The van der Waals surface area contributed by atoms with E-state index in [4.69, 9.17) is 4.74 Å². The van der Waals surface area contributed by atoms with Gasteiger partial charge in [-0.3, -0.25) is 24.5 Å². The van der Waals surface area contributed by atoms with Gasteiger partial charge in [0.15, 0.2) is 0 Å². The quantitative estimate of drug-likeness (QED) is 0.127. The molecule has 2 aliphatic rings. The van der Waals surface area contributed by atoms with Gasteiger partial charge in [0, 0.05) is 53.7 Å². The number of ether oxygens (including phenoxy) is 1. The Morgan fingerprint density at radius 2 is 1.52 bits per heavy atom. The number of benzene rings is 2. The molecule has 1 saturated heterocycles. The first kappa shape index (κ1) is 34.4. The summed E-state index contributed by atoms with van der Waals surface area (Å²) in [6.07, 6.45) is 3.09. The van der Waals surface area contributed by atoms with Gasteiger partial charge < -0.3 is 25.6 Å². The van der Waals surface area contributed by atoms with Crippen LogP contribution in [0.2, 0.25) is 0 Å². The fourth-order valence-corrected chi connectivity index (χ4v) is 6.60. The fourth-order valence-electron chi connectivity index (χ4n) is 6.60. The van der Waals surface area contributed by atoms with Gasteiger partial charge in [0.05, 0.1) is 17.4 Å².